The van der Waals surface area contributed by atoms with Crippen LogP contribution in [0.3, 0.4) is 0 Å². The topological polar surface area (TPSA) is 44.0 Å². The minimum absolute atomic E-state index is 0.0375. The van der Waals surface area contributed by atoms with Crippen LogP contribution in [-0.2, 0) is 6.61 Å². The molecule has 3 heteroatoms. The number of nitrogens with zero attached hydrogens (tertiary/aromatic N) is 1. The molecule has 1 unspecified atom stereocenters. The lowest BCUT2D eigenvalue weighted by Crippen LogP contribution is -2.02. The average molecular weight is 255 g/mol. The summed E-state index contributed by atoms with van der Waals surface area (Å²) in [5.74, 6) is -0.228. The molecule has 1 atom stereocenters. The Hall–Kier alpha value is -2.18. The molecule has 19 heavy (non-hydrogen) atoms. The van der Waals surface area contributed by atoms with Gasteiger partial charge in [0.25, 0.3) is 0 Å². The lowest BCUT2D eigenvalue weighted by atomic mass is 9.89. The first-order valence-corrected chi connectivity index (χ1v) is 6.05. The molecule has 0 fully saturated rings. The van der Waals surface area contributed by atoms with E-state index in [2.05, 4.69) is 6.07 Å². The van der Waals surface area contributed by atoms with Crippen molar-refractivity contribution in [2.24, 2.45) is 0 Å². The van der Waals surface area contributed by atoms with Crippen LogP contribution in [0, 0.1) is 17.1 Å². The largest absolute Gasteiger partial charge is 0.392 e. The molecule has 96 valence electrons. The summed E-state index contributed by atoms with van der Waals surface area (Å²) in [6.07, 6.45) is 0. The van der Waals surface area contributed by atoms with Crippen LogP contribution in [-0.4, -0.2) is 5.11 Å². The molecule has 0 bridgehead atoms. The van der Waals surface area contributed by atoms with Gasteiger partial charge in [-0.3, -0.25) is 0 Å². The second-order valence-corrected chi connectivity index (χ2v) is 4.46. The van der Waals surface area contributed by atoms with Crippen molar-refractivity contribution in [3.8, 4) is 6.07 Å². The zero-order chi connectivity index (χ0) is 13.8. The summed E-state index contributed by atoms with van der Waals surface area (Å²) in [6, 6.07) is 13.6. The highest BCUT2D eigenvalue weighted by Crippen LogP contribution is 2.27. The molecule has 0 aliphatic rings. The summed E-state index contributed by atoms with van der Waals surface area (Å²) in [7, 11) is 0. The van der Waals surface area contributed by atoms with E-state index in [1.165, 1.54) is 12.1 Å². The summed E-state index contributed by atoms with van der Waals surface area (Å²) < 4.78 is 12.9. The molecule has 2 aromatic carbocycles. The van der Waals surface area contributed by atoms with Crippen molar-refractivity contribution in [1.29, 1.82) is 5.26 Å². The minimum atomic E-state index is -0.266. The quantitative estimate of drug-likeness (QED) is 0.914. The van der Waals surface area contributed by atoms with E-state index in [1.54, 1.807) is 24.3 Å². The van der Waals surface area contributed by atoms with Gasteiger partial charge in [0.15, 0.2) is 0 Å². The van der Waals surface area contributed by atoms with Gasteiger partial charge in [-0.2, -0.15) is 5.26 Å². The van der Waals surface area contributed by atoms with Gasteiger partial charge >= 0.3 is 0 Å². The number of hydrogen-bond acceptors (Lipinski definition) is 2. The molecule has 0 amide bonds. The van der Waals surface area contributed by atoms with E-state index in [0.29, 0.717) is 5.56 Å². The normalized spacial score (nSPS) is 11.9. The second kappa shape index (κ2) is 5.64. The highest BCUT2D eigenvalue weighted by atomic mass is 19.1. The van der Waals surface area contributed by atoms with Crippen LogP contribution in [0.5, 0.6) is 0 Å². The minimum Gasteiger partial charge on any atom is -0.392 e. The lowest BCUT2D eigenvalue weighted by molar-refractivity contribution is 0.280. The van der Waals surface area contributed by atoms with Crippen molar-refractivity contribution in [1.82, 2.24) is 0 Å². The molecule has 0 saturated heterocycles. The van der Waals surface area contributed by atoms with Gasteiger partial charge in [-0.1, -0.05) is 25.1 Å². The monoisotopic (exact) mass is 255 g/mol. The Kier molecular flexibility index (Phi) is 3.94. The molecule has 0 aliphatic carbocycles. The van der Waals surface area contributed by atoms with E-state index in [4.69, 9.17) is 5.26 Å². The zero-order valence-electron chi connectivity index (χ0n) is 10.6. The molecule has 0 radical (unpaired) electrons. The molecule has 0 aliphatic heterocycles. The number of aliphatic hydroxyl groups excluding tert-OH is 1. The fourth-order valence-electron chi connectivity index (χ4n) is 2.17. The molecular weight excluding hydrogens is 241 g/mol. The Morgan fingerprint density at radius 2 is 1.89 bits per heavy atom. The van der Waals surface area contributed by atoms with Gasteiger partial charge in [0.05, 0.1) is 18.2 Å². The average Bonchev–Trinajstić information content (AvgIpc) is 2.46. The van der Waals surface area contributed by atoms with Crippen LogP contribution in [0.4, 0.5) is 4.39 Å². The van der Waals surface area contributed by atoms with Crippen molar-refractivity contribution in [2.45, 2.75) is 19.4 Å². The van der Waals surface area contributed by atoms with Crippen LogP contribution in [0.25, 0.3) is 0 Å². The number of benzene rings is 2. The smallest absolute Gasteiger partial charge is 0.123 e. The van der Waals surface area contributed by atoms with Gasteiger partial charge in [-0.15, -0.1) is 0 Å². The van der Waals surface area contributed by atoms with Crippen molar-refractivity contribution < 1.29 is 9.50 Å². The van der Waals surface area contributed by atoms with E-state index in [0.717, 1.165) is 16.7 Å². The highest BCUT2D eigenvalue weighted by Gasteiger charge is 2.13. The SMILES string of the molecule is CC(c1ccc(F)cc1)c1ccc(C#N)cc1CO. The molecule has 1 N–H and O–H groups in total. The van der Waals surface area contributed by atoms with Crippen molar-refractivity contribution in [2.75, 3.05) is 0 Å². The fraction of sp³-hybridized carbons (Fsp3) is 0.188. The first-order valence-electron chi connectivity index (χ1n) is 6.05. The second-order valence-electron chi connectivity index (χ2n) is 4.46. The number of halogens is 1. The number of nitriles is 1. The third-order valence-electron chi connectivity index (χ3n) is 3.28. The van der Waals surface area contributed by atoms with E-state index >= 15 is 0 Å². The van der Waals surface area contributed by atoms with Crippen LogP contribution < -0.4 is 0 Å². The van der Waals surface area contributed by atoms with Crippen LogP contribution in [0.2, 0.25) is 0 Å². The maximum atomic E-state index is 12.9. The summed E-state index contributed by atoms with van der Waals surface area (Å²) in [6.45, 7) is 1.88. The molecule has 0 heterocycles. The van der Waals surface area contributed by atoms with E-state index < -0.39 is 0 Å². The Labute approximate surface area is 111 Å². The molecule has 2 aromatic rings. The number of aliphatic hydroxyl groups is 1. The summed E-state index contributed by atoms with van der Waals surface area (Å²) in [5, 5.41) is 18.3. The molecule has 0 spiro atoms. The van der Waals surface area contributed by atoms with Crippen molar-refractivity contribution in [3.63, 3.8) is 0 Å². The molecule has 2 rings (SSSR count). The van der Waals surface area contributed by atoms with Crippen molar-refractivity contribution in [3.05, 3.63) is 70.5 Å². The third kappa shape index (κ3) is 2.81. The molecular formula is C16H14FNO. The van der Waals surface area contributed by atoms with Crippen molar-refractivity contribution >= 4 is 0 Å². The predicted octanol–water partition coefficient (Wildman–Crippen LogP) is 3.34. The Bertz CT molecular complexity index is 614. The van der Waals surface area contributed by atoms with Crippen LogP contribution >= 0.6 is 0 Å². The third-order valence-corrected chi connectivity index (χ3v) is 3.28. The lowest BCUT2D eigenvalue weighted by Gasteiger charge is -2.16. The van der Waals surface area contributed by atoms with Gasteiger partial charge in [0.2, 0.25) is 0 Å². The Balaban J connectivity index is 2.41. The summed E-state index contributed by atoms with van der Waals surface area (Å²) in [4.78, 5) is 0. The van der Waals surface area contributed by atoms with E-state index in [9.17, 15) is 9.50 Å². The van der Waals surface area contributed by atoms with Crippen LogP contribution in [0.1, 0.15) is 35.1 Å². The van der Waals surface area contributed by atoms with E-state index in [1.807, 2.05) is 13.0 Å². The maximum absolute atomic E-state index is 12.9. The molecule has 2 nitrogen and oxygen atoms in total. The van der Waals surface area contributed by atoms with Crippen LogP contribution in [0.15, 0.2) is 42.5 Å². The molecule has 0 aromatic heterocycles. The highest BCUT2D eigenvalue weighted by molar-refractivity contribution is 5.42. The summed E-state index contributed by atoms with van der Waals surface area (Å²) in [5.41, 5.74) is 3.18. The molecule has 0 saturated carbocycles. The summed E-state index contributed by atoms with van der Waals surface area (Å²) >= 11 is 0. The van der Waals surface area contributed by atoms with Gasteiger partial charge in [-0.05, 0) is 41.0 Å². The van der Waals surface area contributed by atoms with Gasteiger partial charge in [0.1, 0.15) is 5.82 Å². The fourth-order valence-corrected chi connectivity index (χ4v) is 2.17. The van der Waals surface area contributed by atoms with Gasteiger partial charge in [-0.25, -0.2) is 4.39 Å². The predicted molar refractivity (Wildman–Crippen MR) is 71.0 cm³/mol. The standard InChI is InChI=1S/C16H14FNO/c1-11(13-3-5-15(17)6-4-13)16-7-2-12(9-18)8-14(16)10-19/h2-8,11,19H,10H2,1H3. The maximum Gasteiger partial charge on any atom is 0.123 e. The first-order chi connectivity index (χ1) is 9.15. The van der Waals surface area contributed by atoms with Gasteiger partial charge in [0, 0.05) is 5.92 Å². The number of hydrogen-bond donors (Lipinski definition) is 1. The van der Waals surface area contributed by atoms with E-state index in [-0.39, 0.29) is 18.3 Å². The Morgan fingerprint density at radius 1 is 1.21 bits per heavy atom. The number of rotatable bonds is 3. The Morgan fingerprint density at radius 3 is 2.47 bits per heavy atom. The first kappa shape index (κ1) is 13.3. The zero-order valence-corrected chi connectivity index (χ0v) is 10.6. The van der Waals surface area contributed by atoms with Gasteiger partial charge < -0.3 is 5.11 Å².